The first-order valence-electron chi connectivity index (χ1n) is 4.29. The molecule has 3 heteroatoms. The van der Waals surface area contributed by atoms with Crippen LogP contribution < -0.4 is 5.73 Å². The lowest BCUT2D eigenvalue weighted by atomic mass is 10.1. The van der Waals surface area contributed by atoms with Crippen molar-refractivity contribution in [1.82, 2.24) is 0 Å². The van der Waals surface area contributed by atoms with Gasteiger partial charge in [0.05, 0.1) is 0 Å². The number of nitrogens with two attached hydrogens (primary N) is 1. The minimum atomic E-state index is -0.790. The summed E-state index contributed by atoms with van der Waals surface area (Å²) in [5, 5.41) is 0. The maximum atomic E-state index is 13.0. The van der Waals surface area contributed by atoms with Crippen LogP contribution in [0.15, 0.2) is 18.2 Å². The van der Waals surface area contributed by atoms with E-state index in [1.807, 2.05) is 6.92 Å². The van der Waals surface area contributed by atoms with Gasteiger partial charge in [0, 0.05) is 6.04 Å². The Morgan fingerprint density at radius 3 is 2.69 bits per heavy atom. The number of rotatable bonds is 3. The smallest absolute Gasteiger partial charge is 0.162 e. The van der Waals surface area contributed by atoms with Gasteiger partial charge in [-0.15, -0.1) is 0 Å². The molecule has 0 aliphatic heterocycles. The average molecular weight is 185 g/mol. The lowest BCUT2D eigenvalue weighted by Crippen LogP contribution is -2.15. The molecule has 0 amide bonds. The third kappa shape index (κ3) is 2.77. The summed E-state index contributed by atoms with van der Waals surface area (Å²) in [5.41, 5.74) is 5.91. The fourth-order valence-electron chi connectivity index (χ4n) is 1.12. The molecule has 1 atom stereocenters. The van der Waals surface area contributed by atoms with Crippen LogP contribution in [0.25, 0.3) is 0 Å². The van der Waals surface area contributed by atoms with Gasteiger partial charge in [0.1, 0.15) is 0 Å². The van der Waals surface area contributed by atoms with Gasteiger partial charge >= 0.3 is 0 Å². The van der Waals surface area contributed by atoms with Crippen LogP contribution >= 0.6 is 0 Å². The van der Waals surface area contributed by atoms with Gasteiger partial charge in [0.25, 0.3) is 0 Å². The van der Waals surface area contributed by atoms with Crippen LogP contribution in [0.1, 0.15) is 18.9 Å². The van der Waals surface area contributed by atoms with Gasteiger partial charge in [0.15, 0.2) is 11.6 Å². The zero-order chi connectivity index (χ0) is 9.84. The van der Waals surface area contributed by atoms with Crippen molar-refractivity contribution in [2.24, 2.45) is 5.73 Å². The number of aryl methyl sites for hydroxylation is 1. The Balaban J connectivity index is 2.71. The van der Waals surface area contributed by atoms with E-state index < -0.39 is 11.6 Å². The standard InChI is InChI=1S/C10H13F2N/c1-7(13)5-6-8-3-2-4-9(11)10(8)12/h2-4,7H,5-6,13H2,1H3/t7-/m0/s1. The molecular weight excluding hydrogens is 172 g/mol. The second-order valence-corrected chi connectivity index (χ2v) is 3.23. The highest BCUT2D eigenvalue weighted by Gasteiger charge is 2.07. The fourth-order valence-corrected chi connectivity index (χ4v) is 1.12. The summed E-state index contributed by atoms with van der Waals surface area (Å²) < 4.78 is 25.7. The molecule has 0 aliphatic rings. The Morgan fingerprint density at radius 2 is 2.08 bits per heavy atom. The van der Waals surface area contributed by atoms with Crippen molar-refractivity contribution >= 4 is 0 Å². The molecule has 1 rings (SSSR count). The van der Waals surface area contributed by atoms with Crippen LogP contribution in [0.4, 0.5) is 8.78 Å². The Morgan fingerprint density at radius 1 is 1.38 bits per heavy atom. The molecular formula is C10H13F2N. The highest BCUT2D eigenvalue weighted by molar-refractivity contribution is 5.19. The normalized spacial score (nSPS) is 12.9. The number of hydrogen-bond donors (Lipinski definition) is 1. The van der Waals surface area contributed by atoms with Crippen molar-refractivity contribution in [2.45, 2.75) is 25.8 Å². The summed E-state index contributed by atoms with van der Waals surface area (Å²) in [6, 6.07) is 4.23. The molecule has 0 aromatic heterocycles. The predicted octanol–water partition coefficient (Wildman–Crippen LogP) is 2.24. The fraction of sp³-hybridized carbons (Fsp3) is 0.400. The second kappa shape index (κ2) is 4.33. The van der Waals surface area contributed by atoms with E-state index >= 15 is 0 Å². The molecule has 1 aromatic rings. The molecule has 0 fully saturated rings. The Labute approximate surface area is 76.6 Å². The highest BCUT2D eigenvalue weighted by Crippen LogP contribution is 2.13. The van der Waals surface area contributed by atoms with Gasteiger partial charge in [0.2, 0.25) is 0 Å². The Kier molecular flexibility index (Phi) is 3.37. The van der Waals surface area contributed by atoms with E-state index in [4.69, 9.17) is 5.73 Å². The molecule has 13 heavy (non-hydrogen) atoms. The number of hydrogen-bond acceptors (Lipinski definition) is 1. The van der Waals surface area contributed by atoms with Gasteiger partial charge in [-0.1, -0.05) is 12.1 Å². The van der Waals surface area contributed by atoms with E-state index in [0.717, 1.165) is 6.07 Å². The minimum Gasteiger partial charge on any atom is -0.328 e. The Bertz CT molecular complexity index is 284. The summed E-state index contributed by atoms with van der Waals surface area (Å²) in [6.45, 7) is 1.84. The van der Waals surface area contributed by atoms with Gasteiger partial charge in [-0.05, 0) is 31.4 Å². The van der Waals surface area contributed by atoms with E-state index in [1.165, 1.54) is 6.07 Å². The average Bonchev–Trinajstić information content (AvgIpc) is 2.07. The van der Waals surface area contributed by atoms with Crippen LogP contribution in [0.5, 0.6) is 0 Å². The van der Waals surface area contributed by atoms with E-state index in [9.17, 15) is 8.78 Å². The zero-order valence-electron chi connectivity index (χ0n) is 7.56. The summed E-state index contributed by atoms with van der Waals surface area (Å²) in [4.78, 5) is 0. The first kappa shape index (κ1) is 10.1. The predicted molar refractivity (Wildman–Crippen MR) is 48.3 cm³/mol. The van der Waals surface area contributed by atoms with Gasteiger partial charge in [-0.25, -0.2) is 8.78 Å². The highest BCUT2D eigenvalue weighted by atomic mass is 19.2. The molecule has 1 nitrogen and oxygen atoms in total. The van der Waals surface area contributed by atoms with E-state index in [1.54, 1.807) is 6.07 Å². The maximum absolute atomic E-state index is 13.0. The molecule has 0 spiro atoms. The third-order valence-corrected chi connectivity index (χ3v) is 1.90. The topological polar surface area (TPSA) is 26.0 Å². The van der Waals surface area contributed by atoms with Crippen LogP contribution in [0.2, 0.25) is 0 Å². The molecule has 0 saturated heterocycles. The largest absolute Gasteiger partial charge is 0.328 e. The summed E-state index contributed by atoms with van der Waals surface area (Å²) in [6.07, 6.45) is 1.15. The number of halogens is 2. The first-order chi connectivity index (χ1) is 6.11. The zero-order valence-corrected chi connectivity index (χ0v) is 7.56. The maximum Gasteiger partial charge on any atom is 0.162 e. The molecule has 0 radical (unpaired) electrons. The van der Waals surface area contributed by atoms with Gasteiger partial charge in [-0.2, -0.15) is 0 Å². The quantitative estimate of drug-likeness (QED) is 0.767. The summed E-state index contributed by atoms with van der Waals surface area (Å²) in [5.74, 6) is -1.54. The molecule has 0 unspecified atom stereocenters. The molecule has 0 bridgehead atoms. The molecule has 0 heterocycles. The first-order valence-corrected chi connectivity index (χ1v) is 4.29. The van der Waals surface area contributed by atoms with Crippen molar-refractivity contribution in [1.29, 1.82) is 0 Å². The SMILES string of the molecule is C[C@H](N)CCc1cccc(F)c1F. The molecule has 0 saturated carbocycles. The van der Waals surface area contributed by atoms with Crippen molar-refractivity contribution in [3.8, 4) is 0 Å². The van der Waals surface area contributed by atoms with Crippen LogP contribution in [0, 0.1) is 11.6 Å². The number of benzene rings is 1. The monoisotopic (exact) mass is 185 g/mol. The minimum absolute atomic E-state index is 0.0164. The van der Waals surface area contributed by atoms with E-state index in [0.29, 0.717) is 18.4 Å². The van der Waals surface area contributed by atoms with E-state index in [-0.39, 0.29) is 6.04 Å². The van der Waals surface area contributed by atoms with Crippen molar-refractivity contribution in [2.75, 3.05) is 0 Å². The second-order valence-electron chi connectivity index (χ2n) is 3.23. The van der Waals surface area contributed by atoms with Crippen LogP contribution in [-0.4, -0.2) is 6.04 Å². The summed E-state index contributed by atoms with van der Waals surface area (Å²) >= 11 is 0. The molecule has 1 aromatic carbocycles. The van der Waals surface area contributed by atoms with Crippen molar-refractivity contribution in [3.05, 3.63) is 35.4 Å². The summed E-state index contributed by atoms with van der Waals surface area (Å²) in [7, 11) is 0. The lowest BCUT2D eigenvalue weighted by molar-refractivity contribution is 0.494. The van der Waals surface area contributed by atoms with Gasteiger partial charge in [-0.3, -0.25) is 0 Å². The van der Waals surface area contributed by atoms with Gasteiger partial charge < -0.3 is 5.73 Å². The van der Waals surface area contributed by atoms with Crippen LogP contribution in [0.3, 0.4) is 0 Å². The van der Waals surface area contributed by atoms with Crippen molar-refractivity contribution in [3.63, 3.8) is 0 Å². The van der Waals surface area contributed by atoms with Crippen molar-refractivity contribution < 1.29 is 8.78 Å². The Hall–Kier alpha value is -0.960. The molecule has 0 aliphatic carbocycles. The molecule has 2 N–H and O–H groups in total. The third-order valence-electron chi connectivity index (χ3n) is 1.90. The lowest BCUT2D eigenvalue weighted by Gasteiger charge is -2.05. The van der Waals surface area contributed by atoms with E-state index in [2.05, 4.69) is 0 Å². The van der Waals surface area contributed by atoms with Crippen LogP contribution in [-0.2, 0) is 6.42 Å². The molecule has 72 valence electrons.